The van der Waals surface area contributed by atoms with Crippen LogP contribution in [0.3, 0.4) is 0 Å². The van der Waals surface area contributed by atoms with E-state index in [0.717, 1.165) is 36.6 Å². The van der Waals surface area contributed by atoms with Crippen molar-refractivity contribution in [3.8, 4) is 11.6 Å². The number of rotatable bonds is 6. The maximum absolute atomic E-state index is 5.93. The maximum atomic E-state index is 5.93. The van der Waals surface area contributed by atoms with Crippen molar-refractivity contribution in [3.63, 3.8) is 0 Å². The van der Waals surface area contributed by atoms with E-state index in [9.17, 15) is 0 Å². The molecule has 0 saturated carbocycles. The van der Waals surface area contributed by atoms with Crippen molar-refractivity contribution in [1.29, 1.82) is 0 Å². The molecule has 2 rings (SSSR count). The average molecular weight is 307 g/mol. The lowest BCUT2D eigenvalue weighted by Crippen LogP contribution is -2.08. The zero-order chi connectivity index (χ0) is 15.2. The van der Waals surface area contributed by atoms with Crippen LogP contribution in [-0.4, -0.2) is 21.5 Å². The summed E-state index contributed by atoms with van der Waals surface area (Å²) in [6.45, 7) is 6.85. The monoisotopic (exact) mass is 306 g/mol. The van der Waals surface area contributed by atoms with Gasteiger partial charge in [-0.1, -0.05) is 18.5 Å². The molecular formula is C15H19ClN4O. The van der Waals surface area contributed by atoms with Gasteiger partial charge in [-0.2, -0.15) is 4.98 Å². The molecule has 1 N–H and O–H groups in total. The van der Waals surface area contributed by atoms with Crippen LogP contribution in [0.2, 0.25) is 5.02 Å². The molecule has 2 heterocycles. The number of halogens is 1. The summed E-state index contributed by atoms with van der Waals surface area (Å²) in [5.74, 6) is 2.67. The SMILES string of the molecule is CCCc1nc(NCC)c(C)c(Oc2cncc(Cl)c2)n1. The van der Waals surface area contributed by atoms with E-state index in [0.29, 0.717) is 16.7 Å². The van der Waals surface area contributed by atoms with Crippen molar-refractivity contribution in [3.05, 3.63) is 34.9 Å². The van der Waals surface area contributed by atoms with E-state index in [1.54, 1.807) is 18.5 Å². The van der Waals surface area contributed by atoms with Crippen LogP contribution in [0.15, 0.2) is 18.5 Å². The first-order chi connectivity index (χ1) is 10.1. The molecule has 0 spiro atoms. The molecule has 6 heteroatoms. The molecule has 0 aliphatic rings. The molecule has 0 amide bonds. The molecule has 0 aliphatic heterocycles. The van der Waals surface area contributed by atoms with Gasteiger partial charge in [-0.25, -0.2) is 4.98 Å². The lowest BCUT2D eigenvalue weighted by molar-refractivity contribution is 0.452. The van der Waals surface area contributed by atoms with Gasteiger partial charge in [0.15, 0.2) is 0 Å². The smallest absolute Gasteiger partial charge is 0.227 e. The van der Waals surface area contributed by atoms with Crippen molar-refractivity contribution < 1.29 is 4.74 Å². The Hall–Kier alpha value is -1.88. The van der Waals surface area contributed by atoms with Crippen LogP contribution in [0, 0.1) is 6.92 Å². The molecule has 0 radical (unpaired) electrons. The molecule has 112 valence electrons. The minimum atomic E-state index is 0.528. The number of hydrogen-bond donors (Lipinski definition) is 1. The molecular weight excluding hydrogens is 288 g/mol. The summed E-state index contributed by atoms with van der Waals surface area (Å²) >= 11 is 5.93. The quantitative estimate of drug-likeness (QED) is 0.873. The fraction of sp³-hybridized carbons (Fsp3) is 0.400. The van der Waals surface area contributed by atoms with Gasteiger partial charge in [0, 0.05) is 25.2 Å². The molecule has 0 atom stereocenters. The fourth-order valence-corrected chi connectivity index (χ4v) is 2.04. The number of ether oxygens (including phenoxy) is 1. The van der Waals surface area contributed by atoms with E-state index in [2.05, 4.69) is 27.2 Å². The first kappa shape index (κ1) is 15.5. The summed E-state index contributed by atoms with van der Waals surface area (Å²) in [4.78, 5) is 13.0. The van der Waals surface area contributed by atoms with E-state index in [1.807, 2.05) is 13.8 Å². The second-order valence-corrected chi connectivity index (χ2v) is 5.08. The lowest BCUT2D eigenvalue weighted by atomic mass is 10.2. The second-order valence-electron chi connectivity index (χ2n) is 4.64. The molecule has 0 bridgehead atoms. The van der Waals surface area contributed by atoms with E-state index in [1.165, 1.54) is 0 Å². The fourth-order valence-electron chi connectivity index (χ4n) is 1.87. The summed E-state index contributed by atoms with van der Waals surface area (Å²) in [7, 11) is 0. The predicted molar refractivity (Wildman–Crippen MR) is 84.2 cm³/mol. The normalized spacial score (nSPS) is 10.5. The molecule has 2 aromatic heterocycles. The molecule has 0 unspecified atom stereocenters. The van der Waals surface area contributed by atoms with Crippen molar-refractivity contribution in [2.45, 2.75) is 33.6 Å². The average Bonchev–Trinajstić information content (AvgIpc) is 2.44. The summed E-state index contributed by atoms with van der Waals surface area (Å²) in [5.41, 5.74) is 0.872. The van der Waals surface area contributed by atoms with Gasteiger partial charge in [0.25, 0.3) is 0 Å². The number of hydrogen-bond acceptors (Lipinski definition) is 5. The van der Waals surface area contributed by atoms with E-state index in [-0.39, 0.29) is 0 Å². The number of pyridine rings is 1. The van der Waals surface area contributed by atoms with E-state index >= 15 is 0 Å². The third-order valence-corrected chi connectivity index (χ3v) is 3.07. The Morgan fingerprint density at radius 3 is 2.71 bits per heavy atom. The summed E-state index contributed by atoms with van der Waals surface area (Å²) in [6.07, 6.45) is 4.96. The highest BCUT2D eigenvalue weighted by Crippen LogP contribution is 2.28. The third kappa shape index (κ3) is 4.04. The second kappa shape index (κ2) is 7.22. The van der Waals surface area contributed by atoms with Crippen LogP contribution >= 0.6 is 11.6 Å². The van der Waals surface area contributed by atoms with Crippen molar-refractivity contribution in [2.75, 3.05) is 11.9 Å². The molecule has 0 aromatic carbocycles. The zero-order valence-corrected chi connectivity index (χ0v) is 13.2. The van der Waals surface area contributed by atoms with Gasteiger partial charge in [-0.05, 0) is 20.3 Å². The van der Waals surface area contributed by atoms with Gasteiger partial charge < -0.3 is 10.1 Å². The van der Waals surface area contributed by atoms with Gasteiger partial charge in [-0.3, -0.25) is 4.98 Å². The van der Waals surface area contributed by atoms with Crippen molar-refractivity contribution in [2.24, 2.45) is 0 Å². The van der Waals surface area contributed by atoms with E-state index in [4.69, 9.17) is 16.3 Å². The summed E-state index contributed by atoms with van der Waals surface area (Å²) in [6, 6.07) is 1.71. The number of nitrogens with one attached hydrogen (secondary N) is 1. The molecule has 5 nitrogen and oxygen atoms in total. The highest BCUT2D eigenvalue weighted by atomic mass is 35.5. The van der Waals surface area contributed by atoms with Crippen molar-refractivity contribution >= 4 is 17.4 Å². The largest absolute Gasteiger partial charge is 0.437 e. The van der Waals surface area contributed by atoms with Crippen LogP contribution in [0.1, 0.15) is 31.7 Å². The lowest BCUT2D eigenvalue weighted by Gasteiger charge is -2.13. The number of aromatic nitrogens is 3. The van der Waals surface area contributed by atoms with Crippen LogP contribution < -0.4 is 10.1 Å². The summed E-state index contributed by atoms with van der Waals surface area (Å²) in [5, 5.41) is 3.77. The van der Waals surface area contributed by atoms with Gasteiger partial charge in [0.2, 0.25) is 5.88 Å². The molecule has 0 aliphatic carbocycles. The molecule has 0 fully saturated rings. The molecule has 2 aromatic rings. The number of nitrogens with zero attached hydrogens (tertiary/aromatic N) is 3. The highest BCUT2D eigenvalue weighted by Gasteiger charge is 2.12. The minimum Gasteiger partial charge on any atom is -0.437 e. The van der Waals surface area contributed by atoms with Gasteiger partial charge in [-0.15, -0.1) is 0 Å². The highest BCUT2D eigenvalue weighted by molar-refractivity contribution is 6.30. The van der Waals surface area contributed by atoms with Gasteiger partial charge >= 0.3 is 0 Å². The summed E-state index contributed by atoms with van der Waals surface area (Å²) < 4.78 is 5.83. The topological polar surface area (TPSA) is 59.9 Å². The standard InChI is InChI=1S/C15H19ClN4O/c1-4-6-13-19-14(18-5-2)10(3)15(20-13)21-12-7-11(16)8-17-9-12/h7-9H,4-6H2,1-3H3,(H,18,19,20). The van der Waals surface area contributed by atoms with Crippen LogP contribution in [0.25, 0.3) is 0 Å². The zero-order valence-electron chi connectivity index (χ0n) is 12.5. The van der Waals surface area contributed by atoms with E-state index < -0.39 is 0 Å². The van der Waals surface area contributed by atoms with Crippen LogP contribution in [-0.2, 0) is 6.42 Å². The Kier molecular flexibility index (Phi) is 5.33. The Morgan fingerprint density at radius 2 is 2.05 bits per heavy atom. The van der Waals surface area contributed by atoms with Gasteiger partial charge in [0.1, 0.15) is 17.4 Å². The van der Waals surface area contributed by atoms with Crippen LogP contribution in [0.4, 0.5) is 5.82 Å². The van der Waals surface area contributed by atoms with Crippen molar-refractivity contribution in [1.82, 2.24) is 15.0 Å². The Balaban J connectivity index is 2.36. The Bertz CT molecular complexity index is 619. The minimum absolute atomic E-state index is 0.528. The maximum Gasteiger partial charge on any atom is 0.227 e. The number of anilines is 1. The molecule has 21 heavy (non-hydrogen) atoms. The Labute approximate surface area is 129 Å². The Morgan fingerprint density at radius 1 is 1.24 bits per heavy atom. The predicted octanol–water partition coefficient (Wildman–Crippen LogP) is 4.01. The first-order valence-electron chi connectivity index (χ1n) is 7.03. The third-order valence-electron chi connectivity index (χ3n) is 2.86. The first-order valence-corrected chi connectivity index (χ1v) is 7.41. The molecule has 0 saturated heterocycles. The van der Waals surface area contributed by atoms with Crippen LogP contribution in [0.5, 0.6) is 11.6 Å². The number of aryl methyl sites for hydroxylation is 1. The van der Waals surface area contributed by atoms with Gasteiger partial charge in [0.05, 0.1) is 16.8 Å².